The lowest BCUT2D eigenvalue weighted by Gasteiger charge is -2.60. The normalized spacial score (nSPS) is 54.2. The molecule has 4 aliphatic rings. The molecule has 22 heavy (non-hydrogen) atoms. The van der Waals surface area contributed by atoms with Crippen molar-refractivity contribution in [2.24, 2.45) is 40.4 Å². The average Bonchev–Trinajstić information content (AvgIpc) is 2.84. The Labute approximate surface area is 136 Å². The molecule has 0 aromatic carbocycles. The van der Waals surface area contributed by atoms with Crippen LogP contribution >= 0.6 is 0 Å². The summed E-state index contributed by atoms with van der Waals surface area (Å²) >= 11 is 0. The van der Waals surface area contributed by atoms with Gasteiger partial charge in [-0.25, -0.2) is 0 Å². The van der Waals surface area contributed by atoms with Crippen LogP contribution in [0.3, 0.4) is 0 Å². The maximum atomic E-state index is 12.2. The lowest BCUT2D eigenvalue weighted by Crippen LogP contribution is -2.53. The molecule has 0 bridgehead atoms. The van der Waals surface area contributed by atoms with Crippen molar-refractivity contribution >= 4 is 5.78 Å². The third-order valence-electron chi connectivity index (χ3n) is 9.07. The fourth-order valence-corrected chi connectivity index (χ4v) is 7.96. The van der Waals surface area contributed by atoms with E-state index in [0.717, 1.165) is 23.7 Å². The molecular formula is C21H34O. The van der Waals surface area contributed by atoms with Gasteiger partial charge in [-0.05, 0) is 92.8 Å². The minimum absolute atomic E-state index is 0.338. The number of hydrogen-bond donors (Lipinski definition) is 0. The zero-order valence-electron chi connectivity index (χ0n) is 14.9. The lowest BCUT2D eigenvalue weighted by molar-refractivity contribution is -0.133. The van der Waals surface area contributed by atoms with E-state index in [4.69, 9.17) is 0 Å². The second-order valence-electron chi connectivity index (χ2n) is 9.69. The molecule has 1 unspecified atom stereocenters. The Morgan fingerprint density at radius 2 is 1.59 bits per heavy atom. The average molecular weight is 303 g/mol. The first-order chi connectivity index (χ1) is 10.5. The van der Waals surface area contributed by atoms with Gasteiger partial charge in [0, 0.05) is 5.92 Å². The van der Waals surface area contributed by atoms with E-state index in [1.54, 1.807) is 0 Å². The van der Waals surface area contributed by atoms with Crippen molar-refractivity contribution in [2.75, 3.05) is 0 Å². The lowest BCUT2D eigenvalue weighted by atomic mass is 9.45. The molecule has 4 saturated carbocycles. The fourth-order valence-electron chi connectivity index (χ4n) is 7.96. The molecule has 0 saturated heterocycles. The summed E-state index contributed by atoms with van der Waals surface area (Å²) in [7, 11) is 0. The Kier molecular flexibility index (Phi) is 3.51. The van der Waals surface area contributed by atoms with Crippen LogP contribution in [-0.4, -0.2) is 5.78 Å². The maximum Gasteiger partial charge on any atom is 0.133 e. The molecule has 0 aromatic rings. The van der Waals surface area contributed by atoms with Crippen molar-refractivity contribution in [1.29, 1.82) is 0 Å². The summed E-state index contributed by atoms with van der Waals surface area (Å²) in [5, 5.41) is 0. The van der Waals surface area contributed by atoms with E-state index >= 15 is 0 Å². The molecule has 0 spiro atoms. The predicted molar refractivity (Wildman–Crippen MR) is 90.5 cm³/mol. The smallest absolute Gasteiger partial charge is 0.133 e. The monoisotopic (exact) mass is 302 g/mol. The van der Waals surface area contributed by atoms with E-state index in [1.807, 2.05) is 6.92 Å². The molecular weight excluding hydrogens is 268 g/mol. The highest BCUT2D eigenvalue weighted by Crippen LogP contribution is 2.67. The van der Waals surface area contributed by atoms with Crippen LogP contribution < -0.4 is 0 Å². The van der Waals surface area contributed by atoms with Gasteiger partial charge in [0.25, 0.3) is 0 Å². The summed E-state index contributed by atoms with van der Waals surface area (Å²) in [4.78, 5) is 12.2. The summed E-state index contributed by atoms with van der Waals surface area (Å²) in [5.74, 6) is 4.60. The van der Waals surface area contributed by atoms with Crippen LogP contribution in [0.25, 0.3) is 0 Å². The number of ketones is 1. The van der Waals surface area contributed by atoms with Crippen molar-refractivity contribution in [3.05, 3.63) is 0 Å². The number of rotatable bonds is 1. The van der Waals surface area contributed by atoms with E-state index in [1.165, 1.54) is 64.2 Å². The van der Waals surface area contributed by atoms with Crippen LogP contribution in [-0.2, 0) is 4.79 Å². The van der Waals surface area contributed by atoms with Crippen LogP contribution in [0, 0.1) is 40.4 Å². The Morgan fingerprint density at radius 3 is 2.36 bits per heavy atom. The SMILES string of the molecule is CC(=O)C1CC[C@H]2[C@@H]3CC[C@H]4CCCC[C@]4(C)[C@H]3CC[C@]12C. The van der Waals surface area contributed by atoms with Crippen LogP contribution in [0.2, 0.25) is 0 Å². The standard InChI is InChI=1S/C21H34O/c1-14(22)17-9-10-18-16-8-7-15-6-4-5-12-20(15,2)19(16)11-13-21(17,18)3/h15-19H,4-13H2,1-3H3/t15-,16+,17?,18+,19+,20+,21-/m1/s1. The zero-order chi connectivity index (χ0) is 15.5. The summed E-state index contributed by atoms with van der Waals surface area (Å²) in [6.07, 6.45) is 14.1. The summed E-state index contributed by atoms with van der Waals surface area (Å²) in [6.45, 7) is 6.97. The van der Waals surface area contributed by atoms with Crippen molar-refractivity contribution in [3.8, 4) is 0 Å². The molecule has 4 rings (SSSR count). The maximum absolute atomic E-state index is 12.2. The van der Waals surface area contributed by atoms with Gasteiger partial charge in [-0.2, -0.15) is 0 Å². The first-order valence-electron chi connectivity index (χ1n) is 9.97. The number of hydrogen-bond acceptors (Lipinski definition) is 1. The van der Waals surface area contributed by atoms with E-state index in [-0.39, 0.29) is 0 Å². The van der Waals surface area contributed by atoms with E-state index < -0.39 is 0 Å². The summed E-state index contributed by atoms with van der Waals surface area (Å²) < 4.78 is 0. The molecule has 4 aliphatic carbocycles. The van der Waals surface area contributed by atoms with Gasteiger partial charge in [0.15, 0.2) is 0 Å². The highest BCUT2D eigenvalue weighted by molar-refractivity contribution is 5.79. The van der Waals surface area contributed by atoms with Gasteiger partial charge in [-0.1, -0.05) is 26.7 Å². The Hall–Kier alpha value is -0.330. The zero-order valence-corrected chi connectivity index (χ0v) is 14.9. The fraction of sp³-hybridized carbons (Fsp3) is 0.952. The Morgan fingerprint density at radius 1 is 0.818 bits per heavy atom. The first kappa shape index (κ1) is 15.2. The van der Waals surface area contributed by atoms with Crippen molar-refractivity contribution in [3.63, 3.8) is 0 Å². The van der Waals surface area contributed by atoms with E-state index in [2.05, 4.69) is 13.8 Å². The van der Waals surface area contributed by atoms with Gasteiger partial charge in [0.05, 0.1) is 0 Å². The molecule has 0 aromatic heterocycles. The molecule has 1 nitrogen and oxygen atoms in total. The van der Waals surface area contributed by atoms with Gasteiger partial charge < -0.3 is 0 Å². The highest BCUT2D eigenvalue weighted by atomic mass is 16.1. The third-order valence-corrected chi connectivity index (χ3v) is 9.07. The molecule has 0 N–H and O–H groups in total. The Bertz CT molecular complexity index is 469. The molecule has 124 valence electrons. The minimum Gasteiger partial charge on any atom is -0.300 e. The Balaban J connectivity index is 1.63. The summed E-state index contributed by atoms with van der Waals surface area (Å²) in [5.41, 5.74) is 0.974. The predicted octanol–water partition coefficient (Wildman–Crippen LogP) is 5.62. The van der Waals surface area contributed by atoms with Gasteiger partial charge in [-0.15, -0.1) is 0 Å². The molecule has 0 heterocycles. The number of carbonyl (C=O) groups is 1. The molecule has 0 aliphatic heterocycles. The van der Waals surface area contributed by atoms with Crippen LogP contribution in [0.15, 0.2) is 0 Å². The van der Waals surface area contributed by atoms with Gasteiger partial charge in [-0.3, -0.25) is 4.79 Å². The third kappa shape index (κ3) is 1.93. The number of carbonyl (C=O) groups excluding carboxylic acids is 1. The molecule has 0 amide bonds. The molecule has 0 radical (unpaired) electrons. The van der Waals surface area contributed by atoms with Crippen molar-refractivity contribution in [1.82, 2.24) is 0 Å². The first-order valence-corrected chi connectivity index (χ1v) is 9.97. The second-order valence-corrected chi connectivity index (χ2v) is 9.69. The quantitative estimate of drug-likeness (QED) is 0.614. The van der Waals surface area contributed by atoms with Crippen molar-refractivity contribution < 1.29 is 4.79 Å². The van der Waals surface area contributed by atoms with E-state index in [9.17, 15) is 4.79 Å². The van der Waals surface area contributed by atoms with Crippen LogP contribution in [0.1, 0.15) is 85.0 Å². The second kappa shape index (κ2) is 5.08. The number of Topliss-reactive ketones (excluding diaryl/α,β-unsaturated/α-hetero) is 1. The largest absolute Gasteiger partial charge is 0.300 e. The van der Waals surface area contributed by atoms with Crippen LogP contribution in [0.5, 0.6) is 0 Å². The van der Waals surface area contributed by atoms with Gasteiger partial charge in [0.2, 0.25) is 0 Å². The van der Waals surface area contributed by atoms with Gasteiger partial charge in [0.1, 0.15) is 5.78 Å². The summed E-state index contributed by atoms with van der Waals surface area (Å²) in [6, 6.07) is 0. The molecule has 1 heteroatoms. The topological polar surface area (TPSA) is 17.1 Å². The van der Waals surface area contributed by atoms with Gasteiger partial charge >= 0.3 is 0 Å². The molecule has 4 fully saturated rings. The highest BCUT2D eigenvalue weighted by Gasteiger charge is 2.60. The van der Waals surface area contributed by atoms with Crippen LogP contribution in [0.4, 0.5) is 0 Å². The van der Waals surface area contributed by atoms with E-state index in [0.29, 0.717) is 22.5 Å². The minimum atomic E-state index is 0.338. The molecule has 7 atom stereocenters. The van der Waals surface area contributed by atoms with Crippen molar-refractivity contribution in [2.45, 2.75) is 85.0 Å². The number of fused-ring (bicyclic) bond motifs is 5.